The highest BCUT2D eigenvalue weighted by molar-refractivity contribution is 9.10. The van der Waals surface area contributed by atoms with Crippen LogP contribution in [0.5, 0.6) is 0 Å². The number of halogens is 1. The van der Waals surface area contributed by atoms with Crippen molar-refractivity contribution in [3.63, 3.8) is 0 Å². The van der Waals surface area contributed by atoms with Crippen molar-refractivity contribution in [2.24, 2.45) is 0 Å². The van der Waals surface area contributed by atoms with E-state index in [0.29, 0.717) is 12.2 Å². The van der Waals surface area contributed by atoms with Gasteiger partial charge in [0.05, 0.1) is 0 Å². The minimum atomic E-state index is -0.820. The van der Waals surface area contributed by atoms with Crippen molar-refractivity contribution in [2.45, 2.75) is 0 Å². The van der Waals surface area contributed by atoms with Crippen LogP contribution in [0.25, 0.3) is 0 Å². The third-order valence-electron chi connectivity index (χ3n) is 2.61. The molecule has 0 aromatic heterocycles. The zero-order valence-electron chi connectivity index (χ0n) is 11.8. The minimum Gasteiger partial charge on any atom is -0.493 e. The Labute approximate surface area is 139 Å². The highest BCUT2D eigenvalue weighted by Crippen LogP contribution is 2.10. The number of hydrogen-bond donors (Lipinski definition) is 2. The molecule has 0 bridgehead atoms. The number of esters is 1. The number of hydrogen-bond acceptors (Lipinski definition) is 6. The fraction of sp³-hybridized carbons (Fsp3) is 0.214. The van der Waals surface area contributed by atoms with Crippen molar-refractivity contribution < 1.29 is 28.6 Å². The third kappa shape index (κ3) is 5.29. The molecule has 1 aliphatic rings. The highest BCUT2D eigenvalue weighted by Gasteiger charge is 2.18. The lowest BCUT2D eigenvalue weighted by Crippen LogP contribution is -2.43. The van der Waals surface area contributed by atoms with Gasteiger partial charge in [0.25, 0.3) is 11.8 Å². The van der Waals surface area contributed by atoms with Gasteiger partial charge in [0.2, 0.25) is 5.76 Å². The van der Waals surface area contributed by atoms with E-state index in [0.717, 1.165) is 10.7 Å². The van der Waals surface area contributed by atoms with Gasteiger partial charge in [-0.25, -0.2) is 4.79 Å². The first kappa shape index (κ1) is 16.8. The van der Waals surface area contributed by atoms with E-state index >= 15 is 0 Å². The van der Waals surface area contributed by atoms with E-state index in [1.165, 1.54) is 0 Å². The fourth-order valence-corrected chi connectivity index (χ4v) is 1.78. The molecule has 0 fully saturated rings. The standard InChI is InChI=1S/C14H13BrN2O6/c15-10-3-1-9(2-4-10)13(19)17-16-12(18)8-23-14(20)11-7-21-5-6-22-11/h1-4,7H,5-6,8H2,(H,16,18)(H,17,19). The third-order valence-corrected chi connectivity index (χ3v) is 3.14. The number of amides is 2. The molecular weight excluding hydrogens is 372 g/mol. The van der Waals surface area contributed by atoms with Crippen LogP contribution < -0.4 is 10.9 Å². The summed E-state index contributed by atoms with van der Waals surface area (Å²) in [4.78, 5) is 34.8. The molecule has 0 saturated heterocycles. The minimum absolute atomic E-state index is 0.108. The summed E-state index contributed by atoms with van der Waals surface area (Å²) >= 11 is 3.25. The molecule has 1 aliphatic heterocycles. The van der Waals surface area contributed by atoms with Crippen LogP contribution in [-0.4, -0.2) is 37.6 Å². The summed E-state index contributed by atoms with van der Waals surface area (Å²) in [5, 5.41) is 0. The van der Waals surface area contributed by atoms with Gasteiger partial charge in [-0.1, -0.05) is 15.9 Å². The molecule has 0 radical (unpaired) electrons. The van der Waals surface area contributed by atoms with Crippen molar-refractivity contribution >= 4 is 33.7 Å². The van der Waals surface area contributed by atoms with E-state index in [4.69, 9.17) is 14.2 Å². The summed E-state index contributed by atoms with van der Waals surface area (Å²) in [6.45, 7) is 0.00980. The number of rotatable bonds is 4. The summed E-state index contributed by atoms with van der Waals surface area (Å²) in [5.74, 6) is -2.12. The van der Waals surface area contributed by atoms with E-state index in [-0.39, 0.29) is 12.4 Å². The molecule has 0 aliphatic carbocycles. The van der Waals surface area contributed by atoms with Gasteiger partial charge in [-0.15, -0.1) is 0 Å². The largest absolute Gasteiger partial charge is 0.493 e. The van der Waals surface area contributed by atoms with Crippen LogP contribution in [0, 0.1) is 0 Å². The van der Waals surface area contributed by atoms with Crippen molar-refractivity contribution in [3.05, 3.63) is 46.3 Å². The molecule has 23 heavy (non-hydrogen) atoms. The second kappa shape index (κ2) is 8.18. The Hall–Kier alpha value is -2.55. The number of carbonyl (C=O) groups excluding carboxylic acids is 3. The monoisotopic (exact) mass is 384 g/mol. The smallest absolute Gasteiger partial charge is 0.377 e. The number of ether oxygens (including phenoxy) is 3. The molecule has 2 N–H and O–H groups in total. The van der Waals surface area contributed by atoms with Crippen LogP contribution in [0.15, 0.2) is 40.8 Å². The van der Waals surface area contributed by atoms with Gasteiger partial charge in [0, 0.05) is 10.0 Å². The molecule has 2 rings (SSSR count). The molecular formula is C14H13BrN2O6. The van der Waals surface area contributed by atoms with Crippen LogP contribution in [0.1, 0.15) is 10.4 Å². The lowest BCUT2D eigenvalue weighted by atomic mass is 10.2. The first-order valence-electron chi connectivity index (χ1n) is 6.52. The highest BCUT2D eigenvalue weighted by atomic mass is 79.9. The van der Waals surface area contributed by atoms with Gasteiger partial charge < -0.3 is 14.2 Å². The number of carbonyl (C=O) groups is 3. The van der Waals surface area contributed by atoms with Gasteiger partial charge in [-0.2, -0.15) is 0 Å². The quantitative estimate of drug-likeness (QED) is 0.583. The molecule has 1 aromatic rings. The second-order valence-electron chi connectivity index (χ2n) is 4.29. The summed E-state index contributed by atoms with van der Waals surface area (Å²) in [7, 11) is 0. The molecule has 8 nitrogen and oxygen atoms in total. The van der Waals surface area contributed by atoms with Crippen LogP contribution in [0.2, 0.25) is 0 Å². The first-order chi connectivity index (χ1) is 11.1. The topological polar surface area (TPSA) is 103 Å². The number of benzene rings is 1. The molecule has 0 saturated carbocycles. The number of nitrogens with one attached hydrogen (secondary N) is 2. The summed E-state index contributed by atoms with van der Waals surface area (Å²) in [6, 6.07) is 6.55. The van der Waals surface area contributed by atoms with Gasteiger partial charge in [-0.05, 0) is 24.3 Å². The lowest BCUT2D eigenvalue weighted by molar-refractivity contribution is -0.149. The maximum atomic E-state index is 11.8. The van der Waals surface area contributed by atoms with Crippen LogP contribution in [-0.2, 0) is 23.8 Å². The van der Waals surface area contributed by atoms with Crippen LogP contribution >= 0.6 is 15.9 Å². The average Bonchev–Trinajstić information content (AvgIpc) is 2.59. The molecule has 0 spiro atoms. The van der Waals surface area contributed by atoms with Crippen molar-refractivity contribution in [1.82, 2.24) is 10.9 Å². The maximum absolute atomic E-state index is 11.8. The molecule has 1 heterocycles. The predicted octanol–water partition coefficient (Wildman–Crippen LogP) is 0.642. The Balaban J connectivity index is 1.72. The van der Waals surface area contributed by atoms with E-state index in [9.17, 15) is 14.4 Å². The van der Waals surface area contributed by atoms with Crippen molar-refractivity contribution in [3.8, 4) is 0 Å². The van der Waals surface area contributed by atoms with Crippen molar-refractivity contribution in [1.29, 1.82) is 0 Å². The SMILES string of the molecule is O=C(COC(=O)C1=COCCO1)NNC(=O)c1ccc(Br)cc1. The zero-order valence-corrected chi connectivity index (χ0v) is 13.4. The molecule has 9 heteroatoms. The van der Waals surface area contributed by atoms with Crippen LogP contribution in [0.4, 0.5) is 0 Å². The second-order valence-corrected chi connectivity index (χ2v) is 5.20. The molecule has 1 aromatic carbocycles. The van der Waals surface area contributed by atoms with Crippen LogP contribution in [0.3, 0.4) is 0 Å². The van der Waals surface area contributed by atoms with Gasteiger partial charge >= 0.3 is 5.97 Å². The van der Waals surface area contributed by atoms with Gasteiger partial charge in [0.15, 0.2) is 6.61 Å². The Morgan fingerprint density at radius 2 is 1.87 bits per heavy atom. The Morgan fingerprint density at radius 3 is 2.52 bits per heavy atom. The summed E-state index contributed by atoms with van der Waals surface area (Å²) in [6.07, 6.45) is 1.12. The molecule has 0 unspecified atom stereocenters. The number of hydrazine groups is 1. The van der Waals surface area contributed by atoms with Crippen molar-refractivity contribution in [2.75, 3.05) is 19.8 Å². The average molecular weight is 385 g/mol. The zero-order chi connectivity index (χ0) is 16.7. The molecule has 122 valence electrons. The summed E-state index contributed by atoms with van der Waals surface area (Å²) in [5.41, 5.74) is 4.70. The first-order valence-corrected chi connectivity index (χ1v) is 7.32. The fourth-order valence-electron chi connectivity index (χ4n) is 1.51. The Kier molecular flexibility index (Phi) is 5.98. The van der Waals surface area contributed by atoms with E-state index in [2.05, 4.69) is 26.8 Å². The lowest BCUT2D eigenvalue weighted by Gasteiger charge is -2.14. The molecule has 2 amide bonds. The van der Waals surface area contributed by atoms with E-state index in [1.807, 2.05) is 0 Å². The van der Waals surface area contributed by atoms with E-state index < -0.39 is 24.4 Å². The Morgan fingerprint density at radius 1 is 1.13 bits per heavy atom. The summed E-state index contributed by atoms with van der Waals surface area (Å²) < 4.78 is 15.4. The van der Waals surface area contributed by atoms with E-state index in [1.54, 1.807) is 24.3 Å². The maximum Gasteiger partial charge on any atom is 0.377 e. The Bertz CT molecular complexity index is 629. The van der Waals surface area contributed by atoms with Gasteiger partial charge in [0.1, 0.15) is 19.5 Å². The normalized spacial score (nSPS) is 13.0. The molecule has 0 atom stereocenters. The predicted molar refractivity (Wildman–Crippen MR) is 80.7 cm³/mol. The van der Waals surface area contributed by atoms with Gasteiger partial charge in [-0.3, -0.25) is 20.4 Å².